The number of rotatable bonds is 7. The highest BCUT2D eigenvalue weighted by Gasteiger charge is 2.18. The Morgan fingerprint density at radius 1 is 1.26 bits per heavy atom. The van der Waals surface area contributed by atoms with Crippen molar-refractivity contribution < 1.29 is 23.6 Å². The molecule has 1 aromatic carbocycles. The number of benzene rings is 1. The second-order valence-electron chi connectivity index (χ2n) is 6.74. The van der Waals surface area contributed by atoms with Crippen molar-refractivity contribution in [3.63, 3.8) is 0 Å². The fourth-order valence-corrected chi connectivity index (χ4v) is 3.13. The molecule has 0 spiro atoms. The molecule has 27 heavy (non-hydrogen) atoms. The van der Waals surface area contributed by atoms with Gasteiger partial charge in [0.1, 0.15) is 18.1 Å². The lowest BCUT2D eigenvalue weighted by molar-refractivity contribution is -0.124. The molecule has 1 aliphatic carbocycles. The third kappa shape index (κ3) is 5.09. The molecule has 1 aromatic heterocycles. The van der Waals surface area contributed by atoms with Crippen molar-refractivity contribution >= 4 is 11.9 Å². The number of aromatic nitrogens is 1. The molecular weight excluding hydrogens is 348 g/mol. The first kappa shape index (κ1) is 18.9. The Hall–Kier alpha value is -2.83. The Balaban J connectivity index is 1.51. The number of amides is 1. The smallest absolute Gasteiger partial charge is 0.338 e. The molecule has 0 bridgehead atoms. The normalized spacial score (nSPS) is 14.1. The van der Waals surface area contributed by atoms with Crippen molar-refractivity contribution in [1.82, 2.24) is 10.5 Å². The largest absolute Gasteiger partial charge is 0.489 e. The number of carbonyl (C=O) groups is 2. The molecule has 0 saturated heterocycles. The number of carbonyl (C=O) groups excluding carboxylic acids is 2. The Labute approximate surface area is 158 Å². The van der Waals surface area contributed by atoms with Gasteiger partial charge in [-0.3, -0.25) is 4.79 Å². The quantitative estimate of drug-likeness (QED) is 0.751. The lowest BCUT2D eigenvalue weighted by atomic mass is 10.2. The van der Waals surface area contributed by atoms with Gasteiger partial charge in [0.15, 0.2) is 6.61 Å². The second kappa shape index (κ2) is 8.70. The van der Waals surface area contributed by atoms with E-state index in [1.807, 2.05) is 13.8 Å². The van der Waals surface area contributed by atoms with Crippen LogP contribution in [0, 0.1) is 13.8 Å². The molecule has 0 radical (unpaired) electrons. The van der Waals surface area contributed by atoms with Crippen LogP contribution < -0.4 is 10.1 Å². The Kier molecular flexibility index (Phi) is 6.11. The van der Waals surface area contributed by atoms with Gasteiger partial charge in [0.25, 0.3) is 5.91 Å². The van der Waals surface area contributed by atoms with Gasteiger partial charge in [-0.1, -0.05) is 24.1 Å². The highest BCUT2D eigenvalue weighted by atomic mass is 16.5. The molecule has 0 aliphatic heterocycles. The first-order valence-corrected chi connectivity index (χ1v) is 9.14. The van der Waals surface area contributed by atoms with Crippen molar-refractivity contribution in [3.05, 3.63) is 46.8 Å². The van der Waals surface area contributed by atoms with Gasteiger partial charge in [-0.15, -0.1) is 0 Å². The van der Waals surface area contributed by atoms with Gasteiger partial charge in [0, 0.05) is 6.04 Å². The van der Waals surface area contributed by atoms with Gasteiger partial charge in [0.05, 0.1) is 16.8 Å². The molecule has 7 nitrogen and oxygen atoms in total. The summed E-state index contributed by atoms with van der Waals surface area (Å²) in [4.78, 5) is 24.1. The monoisotopic (exact) mass is 372 g/mol. The van der Waals surface area contributed by atoms with Crippen LogP contribution in [0.2, 0.25) is 0 Å². The molecule has 7 heteroatoms. The van der Waals surface area contributed by atoms with Crippen molar-refractivity contribution in [2.45, 2.75) is 52.2 Å². The van der Waals surface area contributed by atoms with Gasteiger partial charge in [0.2, 0.25) is 0 Å². The topological polar surface area (TPSA) is 90.7 Å². The molecule has 1 aliphatic rings. The van der Waals surface area contributed by atoms with E-state index in [9.17, 15) is 9.59 Å². The predicted octanol–water partition coefficient (Wildman–Crippen LogP) is 3.09. The lowest BCUT2D eigenvalue weighted by Gasteiger charge is -2.12. The highest BCUT2D eigenvalue weighted by molar-refractivity contribution is 5.91. The van der Waals surface area contributed by atoms with Crippen LogP contribution in [-0.2, 0) is 16.1 Å². The summed E-state index contributed by atoms with van der Waals surface area (Å²) >= 11 is 0. The lowest BCUT2D eigenvalue weighted by Crippen LogP contribution is -2.35. The minimum absolute atomic E-state index is 0.206. The Morgan fingerprint density at radius 3 is 2.74 bits per heavy atom. The number of ether oxygens (including phenoxy) is 2. The maximum absolute atomic E-state index is 12.2. The predicted molar refractivity (Wildman–Crippen MR) is 97.4 cm³/mol. The van der Waals surface area contributed by atoms with Crippen LogP contribution in [0.4, 0.5) is 0 Å². The van der Waals surface area contributed by atoms with E-state index in [1.54, 1.807) is 24.3 Å². The molecule has 1 N–H and O–H groups in total. The van der Waals surface area contributed by atoms with Gasteiger partial charge in [-0.05, 0) is 44.9 Å². The van der Waals surface area contributed by atoms with Crippen LogP contribution >= 0.6 is 0 Å². The van der Waals surface area contributed by atoms with E-state index >= 15 is 0 Å². The number of hydrogen-bond acceptors (Lipinski definition) is 6. The number of nitrogens with one attached hydrogen (secondary N) is 1. The van der Waals surface area contributed by atoms with Crippen LogP contribution in [0.1, 0.15) is 53.1 Å². The van der Waals surface area contributed by atoms with Crippen LogP contribution in [0.15, 0.2) is 28.8 Å². The summed E-state index contributed by atoms with van der Waals surface area (Å²) < 4.78 is 15.9. The van der Waals surface area contributed by atoms with E-state index in [0.717, 1.165) is 36.9 Å². The van der Waals surface area contributed by atoms with Gasteiger partial charge in [-0.2, -0.15) is 0 Å². The summed E-state index contributed by atoms with van der Waals surface area (Å²) in [5.74, 6) is 0.414. The minimum atomic E-state index is -0.556. The van der Waals surface area contributed by atoms with E-state index in [4.69, 9.17) is 14.0 Å². The third-order valence-corrected chi connectivity index (χ3v) is 4.69. The molecule has 144 valence electrons. The average molecular weight is 372 g/mol. The molecule has 1 amide bonds. The molecule has 2 aromatic rings. The minimum Gasteiger partial charge on any atom is -0.489 e. The molecule has 1 fully saturated rings. The summed E-state index contributed by atoms with van der Waals surface area (Å²) in [5.41, 5.74) is 1.99. The van der Waals surface area contributed by atoms with Crippen molar-refractivity contribution in [2.24, 2.45) is 0 Å². The summed E-state index contributed by atoms with van der Waals surface area (Å²) in [6.45, 7) is 3.69. The van der Waals surface area contributed by atoms with E-state index in [1.165, 1.54) is 0 Å². The zero-order valence-corrected chi connectivity index (χ0v) is 15.6. The van der Waals surface area contributed by atoms with E-state index in [0.29, 0.717) is 23.7 Å². The zero-order valence-electron chi connectivity index (χ0n) is 15.6. The summed E-state index contributed by atoms with van der Waals surface area (Å²) in [7, 11) is 0. The molecule has 3 rings (SSSR count). The van der Waals surface area contributed by atoms with Crippen molar-refractivity contribution in [2.75, 3.05) is 6.61 Å². The maximum Gasteiger partial charge on any atom is 0.338 e. The molecular formula is C20H24N2O5. The average Bonchev–Trinajstić information content (AvgIpc) is 3.28. The first-order valence-electron chi connectivity index (χ1n) is 9.14. The van der Waals surface area contributed by atoms with E-state index in [2.05, 4.69) is 10.5 Å². The van der Waals surface area contributed by atoms with Crippen molar-refractivity contribution in [3.8, 4) is 5.75 Å². The maximum atomic E-state index is 12.2. The SMILES string of the molecule is Cc1noc(C)c1COc1cccc(C(=O)OCC(=O)NC2CCCC2)c1. The van der Waals surface area contributed by atoms with Crippen LogP contribution in [-0.4, -0.2) is 29.7 Å². The highest BCUT2D eigenvalue weighted by Crippen LogP contribution is 2.19. The summed E-state index contributed by atoms with van der Waals surface area (Å²) in [6.07, 6.45) is 4.24. The van der Waals surface area contributed by atoms with Crippen LogP contribution in [0.5, 0.6) is 5.75 Å². The van der Waals surface area contributed by atoms with Gasteiger partial charge >= 0.3 is 5.97 Å². The Bertz CT molecular complexity index is 789. The summed E-state index contributed by atoms with van der Waals surface area (Å²) in [5, 5.41) is 6.77. The molecule has 1 saturated carbocycles. The third-order valence-electron chi connectivity index (χ3n) is 4.69. The van der Waals surface area contributed by atoms with E-state index < -0.39 is 5.97 Å². The fraction of sp³-hybridized carbons (Fsp3) is 0.450. The molecule has 1 heterocycles. The van der Waals surface area contributed by atoms with Gasteiger partial charge in [-0.25, -0.2) is 4.79 Å². The van der Waals surface area contributed by atoms with Gasteiger partial charge < -0.3 is 19.3 Å². The first-order chi connectivity index (χ1) is 13.0. The number of esters is 1. The van der Waals surface area contributed by atoms with Crippen LogP contribution in [0.25, 0.3) is 0 Å². The Morgan fingerprint density at radius 2 is 2.04 bits per heavy atom. The zero-order chi connectivity index (χ0) is 19.2. The van der Waals surface area contributed by atoms with E-state index in [-0.39, 0.29) is 18.6 Å². The van der Waals surface area contributed by atoms with Crippen molar-refractivity contribution in [1.29, 1.82) is 0 Å². The fourth-order valence-electron chi connectivity index (χ4n) is 3.13. The second-order valence-corrected chi connectivity index (χ2v) is 6.74. The molecule has 0 atom stereocenters. The number of hydrogen-bond donors (Lipinski definition) is 1. The summed E-state index contributed by atoms with van der Waals surface area (Å²) in [6, 6.07) is 6.88. The van der Waals surface area contributed by atoms with Crippen LogP contribution in [0.3, 0.4) is 0 Å². The molecule has 0 unspecified atom stereocenters. The number of nitrogens with zero attached hydrogens (tertiary/aromatic N) is 1. The number of aryl methyl sites for hydroxylation is 2. The standard InChI is InChI=1S/C20H24N2O5/c1-13-18(14(2)27-22-13)11-25-17-9-5-6-15(10-17)20(24)26-12-19(23)21-16-7-3-4-8-16/h5-6,9-10,16H,3-4,7-8,11-12H2,1-2H3,(H,21,23).